The van der Waals surface area contributed by atoms with Gasteiger partial charge in [0, 0.05) is 25.2 Å². The normalized spacial score (nSPS) is 19.6. The van der Waals surface area contributed by atoms with E-state index in [1.807, 2.05) is 20.8 Å². The summed E-state index contributed by atoms with van der Waals surface area (Å²) in [5.74, 6) is 0.737. The van der Waals surface area contributed by atoms with Gasteiger partial charge in [-0.2, -0.15) is 0 Å². The van der Waals surface area contributed by atoms with Crippen molar-refractivity contribution < 1.29 is 19.1 Å². The van der Waals surface area contributed by atoms with Crippen molar-refractivity contribution in [3.63, 3.8) is 0 Å². The zero-order valence-electron chi connectivity index (χ0n) is 18.9. The lowest BCUT2D eigenvalue weighted by Gasteiger charge is -2.35. The van der Waals surface area contributed by atoms with Crippen LogP contribution in [0.5, 0.6) is 5.75 Å². The third-order valence-electron chi connectivity index (χ3n) is 6.01. The maximum absolute atomic E-state index is 13.2. The largest absolute Gasteiger partial charge is 0.494 e. The lowest BCUT2D eigenvalue weighted by molar-refractivity contribution is -0.138. The smallest absolute Gasteiger partial charge is 0.251 e. The number of piperidine rings is 1. The molecule has 0 radical (unpaired) electrons. The van der Waals surface area contributed by atoms with Crippen molar-refractivity contribution in [3.8, 4) is 5.75 Å². The topological polar surface area (TPSA) is 87.7 Å². The lowest BCUT2D eigenvalue weighted by Crippen LogP contribution is -2.54. The van der Waals surface area contributed by atoms with E-state index in [2.05, 4.69) is 10.6 Å². The fraction of sp³-hybridized carbons (Fsp3) is 0.625. The minimum Gasteiger partial charge on any atom is -0.494 e. The first-order chi connectivity index (χ1) is 14.9. The quantitative estimate of drug-likeness (QED) is 0.632. The summed E-state index contributed by atoms with van der Waals surface area (Å²) >= 11 is 0. The fourth-order valence-electron chi connectivity index (χ4n) is 3.91. The van der Waals surface area contributed by atoms with Gasteiger partial charge < -0.3 is 20.3 Å². The number of hydrogen-bond acceptors (Lipinski definition) is 4. The highest BCUT2D eigenvalue weighted by atomic mass is 16.5. The van der Waals surface area contributed by atoms with Crippen LogP contribution in [0, 0.1) is 17.8 Å². The second kappa shape index (κ2) is 10.6. The minimum absolute atomic E-state index is 0.0453. The second-order valence-corrected chi connectivity index (χ2v) is 8.96. The summed E-state index contributed by atoms with van der Waals surface area (Å²) in [4.78, 5) is 40.3. The van der Waals surface area contributed by atoms with E-state index in [4.69, 9.17) is 4.74 Å². The maximum Gasteiger partial charge on any atom is 0.251 e. The summed E-state index contributed by atoms with van der Waals surface area (Å²) in [5.41, 5.74) is 0.484. The summed E-state index contributed by atoms with van der Waals surface area (Å²) in [6, 6.07) is 6.26. The van der Waals surface area contributed by atoms with Crippen LogP contribution in [-0.2, 0) is 9.59 Å². The molecule has 0 spiro atoms. The van der Waals surface area contributed by atoms with Crippen molar-refractivity contribution in [3.05, 3.63) is 29.8 Å². The Hall–Kier alpha value is -2.57. The maximum atomic E-state index is 13.2. The summed E-state index contributed by atoms with van der Waals surface area (Å²) in [5, 5.41) is 5.94. The molecule has 2 aliphatic rings. The molecule has 2 fully saturated rings. The third-order valence-corrected chi connectivity index (χ3v) is 6.01. The number of nitrogens with one attached hydrogen (secondary N) is 2. The van der Waals surface area contributed by atoms with E-state index in [9.17, 15) is 14.4 Å². The van der Waals surface area contributed by atoms with Crippen molar-refractivity contribution in [2.45, 2.75) is 52.5 Å². The molecule has 1 aromatic carbocycles. The SMILES string of the molecule is CCOc1ccc(C(=O)NC(C(=O)N2CCCC(C(=O)NCC3CC3)C2)C(C)C)cc1. The number of ether oxygens (including phenoxy) is 1. The average molecular weight is 430 g/mol. The minimum atomic E-state index is -0.632. The summed E-state index contributed by atoms with van der Waals surface area (Å²) in [6.07, 6.45) is 3.98. The third kappa shape index (κ3) is 6.45. The van der Waals surface area contributed by atoms with E-state index < -0.39 is 6.04 Å². The van der Waals surface area contributed by atoms with Gasteiger partial charge in [0.2, 0.25) is 11.8 Å². The summed E-state index contributed by atoms with van der Waals surface area (Å²) < 4.78 is 5.42. The molecular weight excluding hydrogens is 394 g/mol. The number of carbonyl (C=O) groups is 3. The van der Waals surface area contributed by atoms with Gasteiger partial charge >= 0.3 is 0 Å². The Morgan fingerprint density at radius 3 is 2.45 bits per heavy atom. The number of amides is 3. The van der Waals surface area contributed by atoms with E-state index in [1.54, 1.807) is 29.2 Å². The van der Waals surface area contributed by atoms with Gasteiger partial charge in [-0.3, -0.25) is 14.4 Å². The molecule has 1 heterocycles. The first-order valence-electron chi connectivity index (χ1n) is 11.5. The molecule has 1 saturated carbocycles. The standard InChI is InChI=1S/C24H35N3O4/c1-4-31-20-11-9-18(10-12-20)23(29)26-21(16(2)3)24(30)27-13-5-6-19(15-27)22(28)25-14-17-7-8-17/h9-12,16-17,19,21H,4-8,13-15H2,1-3H3,(H,25,28)(H,26,29). The monoisotopic (exact) mass is 429 g/mol. The van der Waals surface area contributed by atoms with E-state index in [0.29, 0.717) is 36.9 Å². The molecule has 7 nitrogen and oxygen atoms in total. The van der Waals surface area contributed by atoms with Gasteiger partial charge in [-0.05, 0) is 68.7 Å². The van der Waals surface area contributed by atoms with Crippen molar-refractivity contribution in [1.82, 2.24) is 15.5 Å². The van der Waals surface area contributed by atoms with Crippen LogP contribution in [0.25, 0.3) is 0 Å². The highest BCUT2D eigenvalue weighted by molar-refractivity contribution is 5.97. The van der Waals surface area contributed by atoms with Gasteiger partial charge in [0.05, 0.1) is 12.5 Å². The molecule has 1 aliphatic heterocycles. The van der Waals surface area contributed by atoms with Crippen LogP contribution >= 0.6 is 0 Å². The Bertz CT molecular complexity index is 774. The number of carbonyl (C=O) groups excluding carboxylic acids is 3. The number of benzene rings is 1. The van der Waals surface area contributed by atoms with E-state index >= 15 is 0 Å². The summed E-state index contributed by atoms with van der Waals surface area (Å²) in [7, 11) is 0. The van der Waals surface area contributed by atoms with Crippen molar-refractivity contribution in [2.24, 2.45) is 17.8 Å². The zero-order valence-corrected chi connectivity index (χ0v) is 18.9. The van der Waals surface area contributed by atoms with Crippen molar-refractivity contribution in [1.29, 1.82) is 0 Å². The zero-order chi connectivity index (χ0) is 22.4. The van der Waals surface area contributed by atoms with Crippen LogP contribution in [0.15, 0.2) is 24.3 Å². The first kappa shape index (κ1) is 23.1. The Kier molecular flexibility index (Phi) is 7.93. The molecule has 2 unspecified atom stereocenters. The van der Waals surface area contributed by atoms with Crippen molar-refractivity contribution >= 4 is 17.7 Å². The second-order valence-electron chi connectivity index (χ2n) is 8.96. The lowest BCUT2D eigenvalue weighted by atomic mass is 9.94. The Morgan fingerprint density at radius 1 is 1.13 bits per heavy atom. The van der Waals surface area contributed by atoms with Crippen LogP contribution in [-0.4, -0.2) is 54.9 Å². The van der Waals surface area contributed by atoms with Crippen LogP contribution in [0.2, 0.25) is 0 Å². The number of hydrogen-bond donors (Lipinski definition) is 2. The molecule has 2 atom stereocenters. The number of rotatable bonds is 9. The predicted molar refractivity (Wildman–Crippen MR) is 119 cm³/mol. The predicted octanol–water partition coefficient (Wildman–Crippen LogP) is 2.60. The molecule has 2 N–H and O–H groups in total. The van der Waals surface area contributed by atoms with E-state index in [1.165, 1.54) is 12.8 Å². The fourth-order valence-corrected chi connectivity index (χ4v) is 3.91. The molecule has 1 aromatic rings. The van der Waals surface area contributed by atoms with Gasteiger partial charge in [0.25, 0.3) is 5.91 Å². The van der Waals surface area contributed by atoms with Crippen LogP contribution in [0.1, 0.15) is 56.8 Å². The van der Waals surface area contributed by atoms with Gasteiger partial charge in [-0.25, -0.2) is 0 Å². The molecule has 7 heteroatoms. The molecule has 1 saturated heterocycles. The molecule has 1 aliphatic carbocycles. The van der Waals surface area contributed by atoms with Crippen LogP contribution in [0.4, 0.5) is 0 Å². The Balaban J connectivity index is 1.59. The van der Waals surface area contributed by atoms with Gasteiger partial charge in [0.15, 0.2) is 0 Å². The molecule has 3 amide bonds. The number of nitrogens with zero attached hydrogens (tertiary/aromatic N) is 1. The van der Waals surface area contributed by atoms with E-state index in [-0.39, 0.29) is 29.6 Å². The van der Waals surface area contributed by atoms with E-state index in [0.717, 1.165) is 19.4 Å². The molecule has 31 heavy (non-hydrogen) atoms. The molecule has 0 aromatic heterocycles. The molecule has 170 valence electrons. The molecular formula is C24H35N3O4. The number of likely N-dealkylation sites (tertiary alicyclic amines) is 1. The average Bonchev–Trinajstić information content (AvgIpc) is 3.60. The highest BCUT2D eigenvalue weighted by Gasteiger charge is 2.34. The highest BCUT2D eigenvalue weighted by Crippen LogP contribution is 2.28. The van der Waals surface area contributed by atoms with Gasteiger partial charge in [-0.1, -0.05) is 13.8 Å². The first-order valence-corrected chi connectivity index (χ1v) is 11.5. The van der Waals surface area contributed by atoms with Crippen LogP contribution < -0.4 is 15.4 Å². The van der Waals surface area contributed by atoms with Crippen molar-refractivity contribution in [2.75, 3.05) is 26.2 Å². The summed E-state index contributed by atoms with van der Waals surface area (Å²) in [6.45, 7) is 8.09. The Morgan fingerprint density at radius 2 is 1.84 bits per heavy atom. The Labute approximate surface area is 184 Å². The van der Waals surface area contributed by atoms with Gasteiger partial charge in [-0.15, -0.1) is 0 Å². The van der Waals surface area contributed by atoms with Crippen LogP contribution in [0.3, 0.4) is 0 Å². The molecule has 3 rings (SSSR count). The van der Waals surface area contributed by atoms with Gasteiger partial charge in [0.1, 0.15) is 11.8 Å². The molecule has 0 bridgehead atoms.